The van der Waals surface area contributed by atoms with Crippen molar-refractivity contribution < 1.29 is 9.53 Å². The van der Waals surface area contributed by atoms with Gasteiger partial charge < -0.3 is 4.74 Å². The molecule has 17 heavy (non-hydrogen) atoms. The first-order valence-electron chi connectivity index (χ1n) is 5.91. The van der Waals surface area contributed by atoms with E-state index in [1.165, 1.54) is 24.2 Å². The monoisotopic (exact) mass is 255 g/mol. The van der Waals surface area contributed by atoms with Gasteiger partial charge in [-0.05, 0) is 18.8 Å². The first kappa shape index (κ1) is 12.4. The Kier molecular flexibility index (Phi) is 4.44. The van der Waals surface area contributed by atoms with Crippen LogP contribution in [0.1, 0.15) is 32.6 Å². The van der Waals surface area contributed by atoms with E-state index in [2.05, 4.69) is 22.4 Å². The predicted octanol–water partition coefficient (Wildman–Crippen LogP) is 2.07. The highest BCUT2D eigenvalue weighted by Crippen LogP contribution is 2.25. The molecule has 1 aromatic rings. The molecule has 0 aromatic carbocycles. The van der Waals surface area contributed by atoms with Crippen LogP contribution in [0.25, 0.3) is 0 Å². The van der Waals surface area contributed by atoms with Crippen LogP contribution in [0.3, 0.4) is 0 Å². The van der Waals surface area contributed by atoms with Crippen LogP contribution in [0, 0.1) is 5.92 Å². The van der Waals surface area contributed by atoms with Crippen LogP contribution in [-0.2, 0) is 9.53 Å². The molecule has 1 N–H and O–H groups in total. The third-order valence-electron chi connectivity index (χ3n) is 2.94. The highest BCUT2D eigenvalue weighted by molar-refractivity contribution is 7.13. The number of rotatable bonds is 4. The lowest BCUT2D eigenvalue weighted by Crippen LogP contribution is -2.26. The van der Waals surface area contributed by atoms with Crippen molar-refractivity contribution in [2.75, 3.05) is 11.9 Å². The lowest BCUT2D eigenvalue weighted by Gasteiger charge is -2.26. The standard InChI is InChI=1S/C11H17N3O2S/c1-8-3-2-4-9(5-8)16-6-10(15)13-11-14-12-7-17-11/h7-9H,2-6H2,1H3,(H,13,14,15)/t8-,9-/m1/s1. The second kappa shape index (κ2) is 6.07. The molecule has 2 atom stereocenters. The number of anilines is 1. The third-order valence-corrected chi connectivity index (χ3v) is 3.55. The maximum absolute atomic E-state index is 11.5. The Morgan fingerprint density at radius 2 is 2.53 bits per heavy atom. The number of carbonyl (C=O) groups excluding carboxylic acids is 1. The van der Waals surface area contributed by atoms with Crippen molar-refractivity contribution in [3.63, 3.8) is 0 Å². The molecule has 0 saturated heterocycles. The summed E-state index contributed by atoms with van der Waals surface area (Å²) in [6, 6.07) is 0. The number of aromatic nitrogens is 2. The van der Waals surface area contributed by atoms with Gasteiger partial charge in [-0.2, -0.15) is 0 Å². The molecule has 1 amide bonds. The van der Waals surface area contributed by atoms with Gasteiger partial charge in [0.05, 0.1) is 6.10 Å². The molecule has 0 unspecified atom stereocenters. The number of hydrogen-bond acceptors (Lipinski definition) is 5. The van der Waals surface area contributed by atoms with Gasteiger partial charge in [0.2, 0.25) is 5.13 Å². The van der Waals surface area contributed by atoms with Crippen molar-refractivity contribution in [1.29, 1.82) is 0 Å². The summed E-state index contributed by atoms with van der Waals surface area (Å²) in [7, 11) is 0. The molecule has 1 aliphatic carbocycles. The van der Waals surface area contributed by atoms with Gasteiger partial charge in [0.15, 0.2) is 0 Å². The Balaban J connectivity index is 1.69. The van der Waals surface area contributed by atoms with Gasteiger partial charge >= 0.3 is 0 Å². The van der Waals surface area contributed by atoms with Gasteiger partial charge in [0.1, 0.15) is 12.1 Å². The molecule has 0 aliphatic heterocycles. The van der Waals surface area contributed by atoms with Gasteiger partial charge in [-0.25, -0.2) is 0 Å². The number of amides is 1. The highest BCUT2D eigenvalue weighted by Gasteiger charge is 2.20. The SMILES string of the molecule is C[C@@H]1CCC[C@@H](OCC(=O)Nc2nncs2)C1. The number of hydrogen-bond donors (Lipinski definition) is 1. The third kappa shape index (κ3) is 4.05. The molecule has 1 heterocycles. The van der Waals surface area contributed by atoms with Crippen LogP contribution in [0.5, 0.6) is 0 Å². The van der Waals surface area contributed by atoms with Crippen molar-refractivity contribution in [2.24, 2.45) is 5.92 Å². The highest BCUT2D eigenvalue weighted by atomic mass is 32.1. The van der Waals surface area contributed by atoms with E-state index < -0.39 is 0 Å². The van der Waals surface area contributed by atoms with Crippen molar-refractivity contribution in [3.8, 4) is 0 Å². The molecular weight excluding hydrogens is 238 g/mol. The summed E-state index contributed by atoms with van der Waals surface area (Å²) in [5.74, 6) is 0.556. The molecule has 0 radical (unpaired) electrons. The van der Waals surface area contributed by atoms with Crippen molar-refractivity contribution in [3.05, 3.63) is 5.51 Å². The minimum absolute atomic E-state index is 0.108. The van der Waals surface area contributed by atoms with E-state index in [0.29, 0.717) is 11.0 Å². The molecular formula is C11H17N3O2S. The second-order valence-electron chi connectivity index (χ2n) is 4.50. The number of carbonyl (C=O) groups is 1. The maximum Gasteiger partial charge on any atom is 0.252 e. The Labute approximate surface area is 105 Å². The van der Waals surface area contributed by atoms with Gasteiger partial charge in [0.25, 0.3) is 5.91 Å². The zero-order valence-electron chi connectivity index (χ0n) is 9.89. The van der Waals surface area contributed by atoms with E-state index in [1.54, 1.807) is 5.51 Å². The molecule has 5 nitrogen and oxygen atoms in total. The quantitative estimate of drug-likeness (QED) is 0.894. The summed E-state index contributed by atoms with van der Waals surface area (Å²) in [6.45, 7) is 2.34. The Morgan fingerprint density at radius 1 is 1.65 bits per heavy atom. The Morgan fingerprint density at radius 3 is 3.24 bits per heavy atom. The average Bonchev–Trinajstić information content (AvgIpc) is 2.79. The zero-order chi connectivity index (χ0) is 12.1. The minimum atomic E-state index is -0.153. The fraction of sp³-hybridized carbons (Fsp3) is 0.727. The normalized spacial score (nSPS) is 24.5. The van der Waals surface area contributed by atoms with E-state index in [4.69, 9.17) is 4.74 Å². The fourth-order valence-corrected chi connectivity index (χ4v) is 2.57. The van der Waals surface area contributed by atoms with E-state index in [-0.39, 0.29) is 18.6 Å². The van der Waals surface area contributed by atoms with E-state index in [9.17, 15) is 4.79 Å². The fourth-order valence-electron chi connectivity index (χ4n) is 2.11. The van der Waals surface area contributed by atoms with Crippen LogP contribution in [0.15, 0.2) is 5.51 Å². The van der Waals surface area contributed by atoms with Crippen LogP contribution in [0.2, 0.25) is 0 Å². The smallest absolute Gasteiger partial charge is 0.252 e. The summed E-state index contributed by atoms with van der Waals surface area (Å²) < 4.78 is 5.61. The Bertz CT molecular complexity index is 356. The largest absolute Gasteiger partial charge is 0.368 e. The van der Waals surface area contributed by atoms with Crippen LogP contribution >= 0.6 is 11.3 Å². The van der Waals surface area contributed by atoms with Crippen molar-refractivity contribution >= 4 is 22.4 Å². The molecule has 1 saturated carbocycles. The molecule has 2 rings (SSSR count). The van der Waals surface area contributed by atoms with Gasteiger partial charge in [-0.15, -0.1) is 10.2 Å². The number of nitrogens with zero attached hydrogens (tertiary/aromatic N) is 2. The summed E-state index contributed by atoms with van der Waals surface area (Å²) in [5.41, 5.74) is 1.58. The molecule has 0 spiro atoms. The first-order chi connectivity index (χ1) is 8.24. The minimum Gasteiger partial charge on any atom is -0.368 e. The van der Waals surface area contributed by atoms with E-state index in [1.807, 2.05) is 0 Å². The van der Waals surface area contributed by atoms with Gasteiger partial charge in [-0.3, -0.25) is 10.1 Å². The predicted molar refractivity (Wildman–Crippen MR) is 65.9 cm³/mol. The number of nitrogens with one attached hydrogen (secondary N) is 1. The second-order valence-corrected chi connectivity index (χ2v) is 5.33. The summed E-state index contributed by atoms with van der Waals surface area (Å²) in [4.78, 5) is 11.5. The topological polar surface area (TPSA) is 64.1 Å². The van der Waals surface area contributed by atoms with Gasteiger partial charge in [0, 0.05) is 0 Å². The molecule has 1 fully saturated rings. The zero-order valence-corrected chi connectivity index (χ0v) is 10.7. The molecule has 6 heteroatoms. The van der Waals surface area contributed by atoms with Crippen molar-refractivity contribution in [1.82, 2.24) is 10.2 Å². The van der Waals surface area contributed by atoms with Crippen LogP contribution in [0.4, 0.5) is 5.13 Å². The van der Waals surface area contributed by atoms with Crippen LogP contribution in [-0.4, -0.2) is 28.8 Å². The summed E-state index contributed by atoms with van der Waals surface area (Å²) >= 11 is 1.30. The molecule has 94 valence electrons. The molecule has 1 aliphatic rings. The van der Waals surface area contributed by atoms with E-state index in [0.717, 1.165) is 12.8 Å². The summed E-state index contributed by atoms with van der Waals surface area (Å²) in [6.07, 6.45) is 4.84. The van der Waals surface area contributed by atoms with Crippen LogP contribution < -0.4 is 5.32 Å². The lowest BCUT2D eigenvalue weighted by molar-refractivity contribution is -0.123. The molecule has 1 aromatic heterocycles. The lowest BCUT2D eigenvalue weighted by atomic mass is 9.89. The number of ether oxygens (including phenoxy) is 1. The van der Waals surface area contributed by atoms with Crippen molar-refractivity contribution in [2.45, 2.75) is 38.7 Å². The van der Waals surface area contributed by atoms with E-state index >= 15 is 0 Å². The average molecular weight is 255 g/mol. The van der Waals surface area contributed by atoms with Gasteiger partial charge in [-0.1, -0.05) is 31.1 Å². The first-order valence-corrected chi connectivity index (χ1v) is 6.79. The summed E-state index contributed by atoms with van der Waals surface area (Å²) in [5, 5.41) is 10.6. The maximum atomic E-state index is 11.5. The molecule has 0 bridgehead atoms. The Hall–Kier alpha value is -1.01.